The van der Waals surface area contributed by atoms with Crippen LogP contribution in [0.15, 0.2) is 0 Å². The molecule has 1 N–H and O–H groups in total. The molecule has 0 spiro atoms. The third kappa shape index (κ3) is 6.71. The van der Waals surface area contributed by atoms with Crippen LogP contribution in [0.3, 0.4) is 0 Å². The van der Waals surface area contributed by atoms with Crippen LogP contribution in [-0.2, 0) is 9.53 Å². The normalized spacial score (nSPS) is 15.9. The summed E-state index contributed by atoms with van der Waals surface area (Å²) in [6, 6.07) is 0.348. The van der Waals surface area contributed by atoms with Crippen LogP contribution in [0, 0.1) is 0 Å². The van der Waals surface area contributed by atoms with Gasteiger partial charge < -0.3 is 15.0 Å². The van der Waals surface area contributed by atoms with E-state index < -0.39 is 5.54 Å². The minimum Gasteiger partial charge on any atom is -0.465 e. The molecule has 2 atom stereocenters. The van der Waals surface area contributed by atoms with Crippen LogP contribution < -0.4 is 5.32 Å². The Labute approximate surface area is 125 Å². The van der Waals surface area contributed by atoms with E-state index in [0.717, 1.165) is 25.9 Å². The number of rotatable bonds is 11. The highest BCUT2D eigenvalue weighted by Crippen LogP contribution is 2.18. The van der Waals surface area contributed by atoms with E-state index in [1.165, 1.54) is 12.8 Å². The maximum absolute atomic E-state index is 12.2. The van der Waals surface area contributed by atoms with E-state index in [-0.39, 0.29) is 5.97 Å². The molecule has 0 fully saturated rings. The zero-order chi connectivity index (χ0) is 15.6. The van der Waals surface area contributed by atoms with Gasteiger partial charge in [-0.3, -0.25) is 4.79 Å². The van der Waals surface area contributed by atoms with Crippen LogP contribution >= 0.6 is 0 Å². The zero-order valence-electron chi connectivity index (χ0n) is 14.3. The lowest BCUT2D eigenvalue weighted by molar-refractivity contribution is -0.151. The number of carbonyl (C=O) groups is 1. The van der Waals surface area contributed by atoms with E-state index in [9.17, 15) is 4.79 Å². The number of nitrogens with one attached hydrogen (secondary N) is 1. The van der Waals surface area contributed by atoms with Gasteiger partial charge in [0, 0.05) is 6.04 Å². The van der Waals surface area contributed by atoms with Crippen molar-refractivity contribution in [2.24, 2.45) is 0 Å². The molecule has 0 radical (unpaired) electrons. The summed E-state index contributed by atoms with van der Waals surface area (Å²) < 4.78 is 5.25. The summed E-state index contributed by atoms with van der Waals surface area (Å²) in [5.74, 6) is -0.135. The van der Waals surface area contributed by atoms with Crippen molar-refractivity contribution in [3.63, 3.8) is 0 Å². The summed E-state index contributed by atoms with van der Waals surface area (Å²) in [5.41, 5.74) is -0.591. The number of nitrogens with zero attached hydrogens (tertiary/aromatic N) is 1. The quantitative estimate of drug-likeness (QED) is 0.593. The van der Waals surface area contributed by atoms with Crippen molar-refractivity contribution in [2.75, 3.05) is 26.7 Å². The lowest BCUT2D eigenvalue weighted by Gasteiger charge is -2.34. The van der Waals surface area contributed by atoms with E-state index in [2.05, 4.69) is 38.0 Å². The highest BCUT2D eigenvalue weighted by molar-refractivity contribution is 5.80. The first-order chi connectivity index (χ1) is 9.41. The van der Waals surface area contributed by atoms with Crippen molar-refractivity contribution >= 4 is 5.97 Å². The van der Waals surface area contributed by atoms with Crippen LogP contribution in [0.2, 0.25) is 0 Å². The monoisotopic (exact) mass is 286 g/mol. The molecule has 120 valence electrons. The second-order valence-corrected chi connectivity index (χ2v) is 5.87. The Bertz CT molecular complexity index is 271. The Morgan fingerprint density at radius 1 is 1.30 bits per heavy atom. The Balaban J connectivity index is 4.65. The van der Waals surface area contributed by atoms with E-state index in [1.807, 2.05) is 13.8 Å². The van der Waals surface area contributed by atoms with Crippen molar-refractivity contribution in [1.82, 2.24) is 10.2 Å². The smallest absolute Gasteiger partial charge is 0.326 e. The SMILES string of the molecule is CCCCN(C)C(C)CC(C)(NCCC)C(=O)OCC. The Hall–Kier alpha value is -0.610. The minimum absolute atomic E-state index is 0.135. The van der Waals surface area contributed by atoms with Crippen LogP contribution in [0.1, 0.15) is 60.3 Å². The highest BCUT2D eigenvalue weighted by atomic mass is 16.5. The second kappa shape index (κ2) is 10.2. The Morgan fingerprint density at radius 3 is 2.45 bits per heavy atom. The van der Waals surface area contributed by atoms with Gasteiger partial charge >= 0.3 is 5.97 Å². The second-order valence-electron chi connectivity index (χ2n) is 5.87. The van der Waals surface area contributed by atoms with Crippen molar-refractivity contribution in [1.29, 1.82) is 0 Å². The predicted molar refractivity (Wildman–Crippen MR) is 84.9 cm³/mol. The molecule has 2 unspecified atom stereocenters. The molecule has 0 aliphatic heterocycles. The third-order valence-corrected chi connectivity index (χ3v) is 3.81. The number of ether oxygens (including phenoxy) is 1. The highest BCUT2D eigenvalue weighted by Gasteiger charge is 2.36. The summed E-state index contributed by atoms with van der Waals surface area (Å²) >= 11 is 0. The van der Waals surface area contributed by atoms with E-state index in [4.69, 9.17) is 4.74 Å². The first-order valence-corrected chi connectivity index (χ1v) is 8.03. The Kier molecular flexibility index (Phi) is 9.86. The average Bonchev–Trinajstić information content (AvgIpc) is 2.42. The molecule has 0 heterocycles. The first-order valence-electron chi connectivity index (χ1n) is 8.03. The molecule has 0 amide bonds. The number of hydrogen-bond acceptors (Lipinski definition) is 4. The van der Waals surface area contributed by atoms with Gasteiger partial charge in [0.25, 0.3) is 0 Å². The van der Waals surface area contributed by atoms with E-state index >= 15 is 0 Å². The zero-order valence-corrected chi connectivity index (χ0v) is 14.3. The maximum atomic E-state index is 12.2. The van der Waals surface area contributed by atoms with Gasteiger partial charge in [0.05, 0.1) is 6.61 Å². The third-order valence-electron chi connectivity index (χ3n) is 3.81. The summed E-state index contributed by atoms with van der Waals surface area (Å²) in [6.07, 6.45) is 4.17. The average molecular weight is 286 g/mol. The van der Waals surface area contributed by atoms with Gasteiger partial charge in [0.15, 0.2) is 0 Å². The van der Waals surface area contributed by atoms with Gasteiger partial charge in [-0.25, -0.2) is 0 Å². The minimum atomic E-state index is -0.591. The standard InChI is InChI=1S/C16H34N2O2/c1-7-10-12-18(6)14(4)13-16(5,17-11-8-2)15(19)20-9-3/h14,17H,7-13H2,1-6H3. The fraction of sp³-hybridized carbons (Fsp3) is 0.938. The van der Waals surface area contributed by atoms with Crippen LogP contribution in [0.5, 0.6) is 0 Å². The van der Waals surface area contributed by atoms with Crippen LogP contribution in [-0.4, -0.2) is 49.2 Å². The lowest BCUT2D eigenvalue weighted by Crippen LogP contribution is -2.54. The molecular formula is C16H34N2O2. The molecule has 0 aromatic rings. The predicted octanol–water partition coefficient (Wildman–Crippen LogP) is 2.82. The number of carbonyl (C=O) groups excluding carboxylic acids is 1. The molecule has 4 heteroatoms. The molecular weight excluding hydrogens is 252 g/mol. The summed E-state index contributed by atoms with van der Waals surface area (Å²) in [5, 5.41) is 3.37. The molecule has 0 saturated heterocycles. The molecule has 0 aromatic heterocycles. The lowest BCUT2D eigenvalue weighted by atomic mass is 9.92. The van der Waals surface area contributed by atoms with E-state index in [1.54, 1.807) is 0 Å². The molecule has 0 saturated carbocycles. The molecule has 0 rings (SSSR count). The van der Waals surface area contributed by atoms with E-state index in [0.29, 0.717) is 12.6 Å². The molecule has 0 aromatic carbocycles. The maximum Gasteiger partial charge on any atom is 0.326 e. The van der Waals surface area contributed by atoms with Gasteiger partial charge in [-0.15, -0.1) is 0 Å². The van der Waals surface area contributed by atoms with Crippen molar-refractivity contribution in [3.8, 4) is 0 Å². The van der Waals surface area contributed by atoms with Gasteiger partial charge in [0.1, 0.15) is 5.54 Å². The molecule has 0 bridgehead atoms. The summed E-state index contributed by atoms with van der Waals surface area (Å²) in [4.78, 5) is 14.6. The number of esters is 1. The van der Waals surface area contributed by atoms with Gasteiger partial charge in [0.2, 0.25) is 0 Å². The fourth-order valence-corrected chi connectivity index (χ4v) is 2.29. The number of unbranched alkanes of at least 4 members (excludes halogenated alkanes) is 1. The van der Waals surface area contributed by atoms with Gasteiger partial charge in [-0.2, -0.15) is 0 Å². The van der Waals surface area contributed by atoms with Gasteiger partial charge in [-0.05, 0) is 60.2 Å². The fourth-order valence-electron chi connectivity index (χ4n) is 2.29. The molecule has 20 heavy (non-hydrogen) atoms. The molecule has 4 nitrogen and oxygen atoms in total. The van der Waals surface area contributed by atoms with Crippen molar-refractivity contribution in [2.45, 2.75) is 71.9 Å². The molecule has 0 aliphatic carbocycles. The van der Waals surface area contributed by atoms with Gasteiger partial charge in [-0.1, -0.05) is 20.3 Å². The van der Waals surface area contributed by atoms with Crippen molar-refractivity contribution < 1.29 is 9.53 Å². The summed E-state index contributed by atoms with van der Waals surface area (Å²) in [6.45, 7) is 12.6. The van der Waals surface area contributed by atoms with Crippen molar-refractivity contribution in [3.05, 3.63) is 0 Å². The van der Waals surface area contributed by atoms with Crippen LogP contribution in [0.25, 0.3) is 0 Å². The molecule has 0 aliphatic rings. The number of hydrogen-bond donors (Lipinski definition) is 1. The Morgan fingerprint density at radius 2 is 1.95 bits per heavy atom. The van der Waals surface area contributed by atoms with Crippen LogP contribution in [0.4, 0.5) is 0 Å². The summed E-state index contributed by atoms with van der Waals surface area (Å²) in [7, 11) is 2.13. The first kappa shape index (κ1) is 19.4. The topological polar surface area (TPSA) is 41.6 Å². The largest absolute Gasteiger partial charge is 0.465 e.